The Morgan fingerprint density at radius 1 is 1.27 bits per heavy atom. The SMILES string of the molecule is CN(C(=O)OC(C)(C)C)N(C(=O)C1=CC2=C(Br)CNN2C=C1)c1ccc(C#N)cc1. The summed E-state index contributed by atoms with van der Waals surface area (Å²) in [5.41, 5.74) is 4.52. The number of carbonyl (C=O) groups excluding carboxylic acids is 2. The van der Waals surface area contributed by atoms with Gasteiger partial charge in [0.1, 0.15) is 5.60 Å². The van der Waals surface area contributed by atoms with Gasteiger partial charge in [-0.25, -0.2) is 20.2 Å². The van der Waals surface area contributed by atoms with Crippen LogP contribution in [-0.4, -0.2) is 41.2 Å². The van der Waals surface area contributed by atoms with Crippen LogP contribution in [0.15, 0.2) is 58.4 Å². The molecule has 2 heterocycles. The van der Waals surface area contributed by atoms with E-state index in [-0.39, 0.29) is 0 Å². The van der Waals surface area contributed by atoms with Gasteiger partial charge in [0.2, 0.25) is 0 Å². The number of hydrogen-bond acceptors (Lipinski definition) is 6. The monoisotopic (exact) mass is 471 g/mol. The van der Waals surface area contributed by atoms with Crippen LogP contribution in [0.3, 0.4) is 0 Å². The summed E-state index contributed by atoms with van der Waals surface area (Å²) in [6, 6.07) is 8.45. The predicted molar refractivity (Wildman–Crippen MR) is 116 cm³/mol. The third kappa shape index (κ3) is 4.56. The van der Waals surface area contributed by atoms with Gasteiger partial charge in [0, 0.05) is 29.8 Å². The second-order valence-corrected chi connectivity index (χ2v) is 8.65. The molecular weight excluding hydrogens is 450 g/mol. The minimum Gasteiger partial charge on any atom is -0.442 e. The highest BCUT2D eigenvalue weighted by Crippen LogP contribution is 2.29. The molecular formula is C21H22BrN5O3. The topological polar surface area (TPSA) is 88.9 Å². The van der Waals surface area contributed by atoms with Crippen LogP contribution in [0.1, 0.15) is 26.3 Å². The van der Waals surface area contributed by atoms with Crippen molar-refractivity contribution < 1.29 is 14.3 Å². The molecule has 9 heteroatoms. The van der Waals surface area contributed by atoms with Crippen LogP contribution in [0, 0.1) is 11.3 Å². The van der Waals surface area contributed by atoms with Crippen LogP contribution in [0.5, 0.6) is 0 Å². The first-order valence-electron chi connectivity index (χ1n) is 9.23. The summed E-state index contributed by atoms with van der Waals surface area (Å²) in [6.45, 7) is 5.88. The fraction of sp³-hybridized carbons (Fsp3) is 0.286. The summed E-state index contributed by atoms with van der Waals surface area (Å²) in [6.07, 6.45) is 4.49. The maximum absolute atomic E-state index is 13.5. The zero-order valence-electron chi connectivity index (χ0n) is 17.1. The van der Waals surface area contributed by atoms with Crippen molar-refractivity contribution >= 4 is 33.6 Å². The molecule has 30 heavy (non-hydrogen) atoms. The van der Waals surface area contributed by atoms with Gasteiger partial charge in [0.25, 0.3) is 5.91 Å². The van der Waals surface area contributed by atoms with Crippen LogP contribution < -0.4 is 10.4 Å². The van der Waals surface area contributed by atoms with Crippen molar-refractivity contribution in [1.29, 1.82) is 5.26 Å². The van der Waals surface area contributed by atoms with Crippen molar-refractivity contribution in [3.05, 3.63) is 63.9 Å². The Labute approximate surface area is 183 Å². The first-order chi connectivity index (χ1) is 14.1. The number of nitriles is 1. The molecule has 3 rings (SSSR count). The minimum atomic E-state index is -0.722. The molecule has 0 spiro atoms. The number of ether oxygens (including phenoxy) is 1. The largest absolute Gasteiger partial charge is 0.442 e. The number of fused-ring (bicyclic) bond motifs is 1. The Balaban J connectivity index is 1.98. The lowest BCUT2D eigenvalue weighted by Crippen LogP contribution is -2.50. The lowest BCUT2D eigenvalue weighted by atomic mass is 10.1. The molecule has 0 bridgehead atoms. The highest BCUT2D eigenvalue weighted by atomic mass is 79.9. The molecule has 0 saturated carbocycles. The molecule has 8 nitrogen and oxygen atoms in total. The molecule has 1 aromatic rings. The van der Waals surface area contributed by atoms with E-state index >= 15 is 0 Å². The lowest BCUT2D eigenvalue weighted by molar-refractivity contribution is -0.117. The quantitative estimate of drug-likeness (QED) is 0.663. The zero-order chi connectivity index (χ0) is 22.1. The molecule has 0 unspecified atom stereocenters. The van der Waals surface area contributed by atoms with Gasteiger partial charge >= 0.3 is 6.09 Å². The first kappa shape index (κ1) is 21.6. The van der Waals surface area contributed by atoms with E-state index in [4.69, 9.17) is 10.00 Å². The fourth-order valence-corrected chi connectivity index (χ4v) is 3.29. The average molecular weight is 472 g/mol. The Morgan fingerprint density at radius 2 is 1.93 bits per heavy atom. The number of nitrogens with one attached hydrogen (secondary N) is 1. The summed E-state index contributed by atoms with van der Waals surface area (Å²) >= 11 is 3.50. The molecule has 1 N–H and O–H groups in total. The van der Waals surface area contributed by atoms with E-state index in [9.17, 15) is 9.59 Å². The van der Waals surface area contributed by atoms with E-state index in [0.29, 0.717) is 23.4 Å². The Kier molecular flexibility index (Phi) is 6.01. The second-order valence-electron chi connectivity index (χ2n) is 7.69. The van der Waals surface area contributed by atoms with E-state index in [1.165, 1.54) is 12.1 Å². The fourth-order valence-electron chi connectivity index (χ4n) is 2.86. The molecule has 0 aliphatic carbocycles. The van der Waals surface area contributed by atoms with Gasteiger partial charge in [-0.2, -0.15) is 5.26 Å². The Bertz CT molecular complexity index is 999. The van der Waals surface area contributed by atoms with Crippen molar-refractivity contribution in [1.82, 2.24) is 15.4 Å². The van der Waals surface area contributed by atoms with Gasteiger partial charge in [0.05, 0.1) is 23.0 Å². The molecule has 2 amide bonds. The molecule has 156 valence electrons. The van der Waals surface area contributed by atoms with Crippen molar-refractivity contribution in [3.8, 4) is 6.07 Å². The van der Waals surface area contributed by atoms with Crippen molar-refractivity contribution in [3.63, 3.8) is 0 Å². The smallest absolute Gasteiger partial charge is 0.429 e. The number of allylic oxidation sites excluding steroid dienone is 1. The van der Waals surface area contributed by atoms with E-state index in [1.807, 2.05) is 11.1 Å². The van der Waals surface area contributed by atoms with Gasteiger partial charge in [0.15, 0.2) is 0 Å². The summed E-state index contributed by atoms with van der Waals surface area (Å²) < 4.78 is 6.36. The van der Waals surface area contributed by atoms with E-state index in [2.05, 4.69) is 21.4 Å². The van der Waals surface area contributed by atoms with E-state index in [0.717, 1.165) is 15.2 Å². The molecule has 2 aliphatic heterocycles. The van der Waals surface area contributed by atoms with Crippen molar-refractivity contribution in [2.75, 3.05) is 18.6 Å². The number of halogens is 1. The van der Waals surface area contributed by atoms with Gasteiger partial charge in [-0.3, -0.25) is 9.80 Å². The maximum atomic E-state index is 13.5. The van der Waals surface area contributed by atoms with Crippen LogP contribution in [0.2, 0.25) is 0 Å². The molecule has 0 aromatic heterocycles. The zero-order valence-corrected chi connectivity index (χ0v) is 18.7. The molecule has 0 saturated heterocycles. The van der Waals surface area contributed by atoms with Gasteiger partial charge < -0.3 is 4.74 Å². The van der Waals surface area contributed by atoms with Crippen LogP contribution in [0.25, 0.3) is 0 Å². The number of benzene rings is 1. The summed E-state index contributed by atoms with van der Waals surface area (Å²) in [5, 5.41) is 13.2. The van der Waals surface area contributed by atoms with Gasteiger partial charge in [-0.1, -0.05) is 15.9 Å². The van der Waals surface area contributed by atoms with Crippen LogP contribution >= 0.6 is 15.9 Å². The Hall–Kier alpha value is -3.09. The highest BCUT2D eigenvalue weighted by molar-refractivity contribution is 9.11. The number of anilines is 1. The summed E-state index contributed by atoms with van der Waals surface area (Å²) in [4.78, 5) is 26.2. The molecule has 0 atom stereocenters. The Morgan fingerprint density at radius 3 is 2.53 bits per heavy atom. The van der Waals surface area contributed by atoms with Crippen LogP contribution in [-0.2, 0) is 9.53 Å². The van der Waals surface area contributed by atoms with Gasteiger partial charge in [-0.15, -0.1) is 0 Å². The molecule has 0 radical (unpaired) electrons. The van der Waals surface area contributed by atoms with E-state index < -0.39 is 17.6 Å². The maximum Gasteiger partial charge on any atom is 0.429 e. The number of carbonyl (C=O) groups is 2. The summed E-state index contributed by atoms with van der Waals surface area (Å²) in [7, 11) is 1.47. The number of rotatable bonds is 2. The van der Waals surface area contributed by atoms with Crippen LogP contribution in [0.4, 0.5) is 10.5 Å². The third-order valence-corrected chi connectivity index (χ3v) is 4.96. The number of amides is 2. The number of hydrogen-bond donors (Lipinski definition) is 1. The van der Waals surface area contributed by atoms with Crippen molar-refractivity contribution in [2.45, 2.75) is 26.4 Å². The van der Waals surface area contributed by atoms with E-state index in [1.54, 1.807) is 63.4 Å². The number of nitrogens with zero attached hydrogens (tertiary/aromatic N) is 4. The average Bonchev–Trinajstić information content (AvgIpc) is 3.07. The normalized spacial score (nSPS) is 15.3. The van der Waals surface area contributed by atoms with Gasteiger partial charge in [-0.05, 0) is 57.2 Å². The third-order valence-electron chi connectivity index (χ3n) is 4.28. The first-order valence-corrected chi connectivity index (χ1v) is 10.0. The number of hydrazine groups is 2. The van der Waals surface area contributed by atoms with Crippen molar-refractivity contribution in [2.24, 2.45) is 0 Å². The minimum absolute atomic E-state index is 0.390. The highest BCUT2D eigenvalue weighted by Gasteiger charge is 2.31. The second kappa shape index (κ2) is 8.34. The standard InChI is InChI=1S/C21H22BrN5O3/c1-21(2,3)30-20(29)25(4)27(16-7-5-14(12-23)6-8-16)19(28)15-9-10-26-18(11-15)17(22)13-24-26/h5-11,24H,13H2,1-4H3. The molecule has 2 aliphatic rings. The lowest BCUT2D eigenvalue weighted by Gasteiger charge is -2.34. The summed E-state index contributed by atoms with van der Waals surface area (Å²) in [5.74, 6) is -0.413. The molecule has 1 aromatic carbocycles. The molecule has 0 fully saturated rings. The predicted octanol–water partition coefficient (Wildman–Crippen LogP) is 3.55.